The minimum absolute atomic E-state index is 0.124. The number of hydrogen-bond acceptors (Lipinski definition) is 4. The zero-order chi connectivity index (χ0) is 19.8. The number of aromatic amines is 1. The first-order valence-corrected chi connectivity index (χ1v) is 9.46. The average molecular weight is 377 g/mol. The Morgan fingerprint density at radius 2 is 2.00 bits per heavy atom. The molecular formula is C21H23N5O2. The smallest absolute Gasteiger partial charge is 0.252 e. The third-order valence-electron chi connectivity index (χ3n) is 5.28. The molecule has 3 aromatic rings. The molecule has 0 unspecified atom stereocenters. The highest BCUT2D eigenvalue weighted by Gasteiger charge is 2.24. The number of para-hydroxylation sites is 1. The van der Waals surface area contributed by atoms with Crippen LogP contribution in [0.3, 0.4) is 0 Å². The van der Waals surface area contributed by atoms with Crippen LogP contribution in [0.1, 0.15) is 34.6 Å². The van der Waals surface area contributed by atoms with Crippen molar-refractivity contribution in [1.82, 2.24) is 19.7 Å². The maximum atomic E-state index is 12.8. The second-order valence-corrected chi connectivity index (χ2v) is 7.20. The van der Waals surface area contributed by atoms with Crippen molar-refractivity contribution in [1.29, 1.82) is 0 Å². The van der Waals surface area contributed by atoms with E-state index in [1.807, 2.05) is 36.9 Å². The highest BCUT2D eigenvalue weighted by Crippen LogP contribution is 2.28. The van der Waals surface area contributed by atoms with Crippen LogP contribution in [0.15, 0.2) is 35.1 Å². The molecule has 7 nitrogen and oxygen atoms in total. The number of anilines is 1. The number of amides is 1. The topological polar surface area (TPSA) is 83.9 Å². The zero-order valence-corrected chi connectivity index (χ0v) is 16.3. The predicted octanol–water partition coefficient (Wildman–Crippen LogP) is 2.40. The van der Waals surface area contributed by atoms with Gasteiger partial charge in [0.15, 0.2) is 0 Å². The fourth-order valence-electron chi connectivity index (χ4n) is 3.87. The third-order valence-corrected chi connectivity index (χ3v) is 5.28. The maximum absolute atomic E-state index is 12.8. The molecule has 3 heterocycles. The lowest BCUT2D eigenvalue weighted by Crippen LogP contribution is -2.29. The number of fused-ring (bicyclic) bond motifs is 1. The Hall–Kier alpha value is -3.22. The molecule has 0 bridgehead atoms. The molecule has 0 atom stereocenters. The van der Waals surface area contributed by atoms with Gasteiger partial charge in [-0.1, -0.05) is 18.2 Å². The number of carbonyl (C=O) groups is 1. The maximum Gasteiger partial charge on any atom is 0.252 e. The van der Waals surface area contributed by atoms with E-state index >= 15 is 0 Å². The molecule has 1 aliphatic rings. The molecule has 1 aliphatic heterocycles. The van der Waals surface area contributed by atoms with Gasteiger partial charge in [0, 0.05) is 36.1 Å². The average Bonchev–Trinajstić information content (AvgIpc) is 3.20. The first-order valence-electron chi connectivity index (χ1n) is 9.46. The Morgan fingerprint density at radius 3 is 2.79 bits per heavy atom. The molecule has 144 valence electrons. The molecule has 1 amide bonds. The standard InChI is InChI=1S/C21H23N5O2/c1-13-12-19(27)23-21(22-13)26-15(3)17(14(2)24-26)8-9-20(28)25-11-10-16-6-4-5-7-18(16)25/h4-7,12H,8-11H2,1-3H3,(H,22,23,27). The summed E-state index contributed by atoms with van der Waals surface area (Å²) in [5.41, 5.74) is 5.43. The molecule has 0 aliphatic carbocycles. The van der Waals surface area contributed by atoms with E-state index in [2.05, 4.69) is 21.1 Å². The fourth-order valence-corrected chi connectivity index (χ4v) is 3.87. The molecular weight excluding hydrogens is 354 g/mol. The van der Waals surface area contributed by atoms with E-state index in [1.165, 1.54) is 11.6 Å². The van der Waals surface area contributed by atoms with Crippen LogP contribution < -0.4 is 10.5 Å². The molecule has 0 radical (unpaired) electrons. The molecule has 4 rings (SSSR count). The molecule has 2 aromatic heterocycles. The molecule has 1 N–H and O–H groups in total. The summed E-state index contributed by atoms with van der Waals surface area (Å²) in [6.45, 7) is 6.37. The van der Waals surface area contributed by atoms with Crippen LogP contribution in [0.2, 0.25) is 0 Å². The number of carbonyl (C=O) groups excluding carboxylic acids is 1. The summed E-state index contributed by atoms with van der Waals surface area (Å²) in [4.78, 5) is 33.5. The fraction of sp³-hybridized carbons (Fsp3) is 0.333. The van der Waals surface area contributed by atoms with Gasteiger partial charge in [-0.2, -0.15) is 5.10 Å². The molecule has 0 spiro atoms. The number of nitrogens with zero attached hydrogens (tertiary/aromatic N) is 4. The number of nitrogens with one attached hydrogen (secondary N) is 1. The number of aryl methyl sites for hydroxylation is 2. The minimum Gasteiger partial charge on any atom is -0.312 e. The van der Waals surface area contributed by atoms with E-state index in [0.717, 1.165) is 35.6 Å². The molecule has 7 heteroatoms. The first-order chi connectivity index (χ1) is 13.4. The second kappa shape index (κ2) is 7.07. The van der Waals surface area contributed by atoms with Crippen molar-refractivity contribution in [3.05, 3.63) is 68.9 Å². The van der Waals surface area contributed by atoms with Crippen molar-refractivity contribution in [2.24, 2.45) is 0 Å². The van der Waals surface area contributed by atoms with Crippen molar-refractivity contribution in [3.8, 4) is 5.95 Å². The summed E-state index contributed by atoms with van der Waals surface area (Å²) in [6.07, 6.45) is 1.93. The molecule has 0 fully saturated rings. The molecule has 1 aromatic carbocycles. The Labute approximate surface area is 163 Å². The van der Waals surface area contributed by atoms with Crippen LogP contribution in [-0.2, 0) is 17.6 Å². The van der Waals surface area contributed by atoms with Gasteiger partial charge < -0.3 is 4.90 Å². The van der Waals surface area contributed by atoms with Crippen molar-refractivity contribution in [2.75, 3.05) is 11.4 Å². The molecule has 28 heavy (non-hydrogen) atoms. The third kappa shape index (κ3) is 3.24. The van der Waals surface area contributed by atoms with E-state index in [9.17, 15) is 9.59 Å². The van der Waals surface area contributed by atoms with Gasteiger partial charge in [0.2, 0.25) is 11.9 Å². The quantitative estimate of drug-likeness (QED) is 0.757. The normalized spacial score (nSPS) is 13.0. The van der Waals surface area contributed by atoms with E-state index in [4.69, 9.17) is 0 Å². The van der Waals surface area contributed by atoms with Crippen LogP contribution in [0.4, 0.5) is 5.69 Å². The summed E-state index contributed by atoms with van der Waals surface area (Å²) in [5, 5.41) is 4.53. The minimum atomic E-state index is -0.209. The van der Waals surface area contributed by atoms with E-state index in [-0.39, 0.29) is 11.5 Å². The highest BCUT2D eigenvalue weighted by atomic mass is 16.2. The Balaban J connectivity index is 1.54. The Kier molecular flexibility index (Phi) is 4.58. The van der Waals surface area contributed by atoms with Crippen LogP contribution in [0, 0.1) is 20.8 Å². The van der Waals surface area contributed by atoms with Gasteiger partial charge in [-0.15, -0.1) is 0 Å². The van der Waals surface area contributed by atoms with Gasteiger partial charge in [-0.3, -0.25) is 14.6 Å². The number of rotatable bonds is 4. The molecule has 0 saturated heterocycles. The lowest BCUT2D eigenvalue weighted by molar-refractivity contribution is -0.118. The lowest BCUT2D eigenvalue weighted by Gasteiger charge is -2.17. The van der Waals surface area contributed by atoms with Gasteiger partial charge in [0.25, 0.3) is 5.56 Å². The van der Waals surface area contributed by atoms with E-state index < -0.39 is 0 Å². The summed E-state index contributed by atoms with van der Waals surface area (Å²) in [6, 6.07) is 9.52. The van der Waals surface area contributed by atoms with Crippen LogP contribution in [0.25, 0.3) is 5.95 Å². The number of aromatic nitrogens is 4. The summed E-state index contributed by atoms with van der Waals surface area (Å²) >= 11 is 0. The number of hydrogen-bond donors (Lipinski definition) is 1. The lowest BCUT2D eigenvalue weighted by atomic mass is 10.1. The largest absolute Gasteiger partial charge is 0.312 e. The highest BCUT2D eigenvalue weighted by molar-refractivity contribution is 5.95. The van der Waals surface area contributed by atoms with Gasteiger partial charge in [-0.05, 0) is 50.8 Å². The Morgan fingerprint density at radius 1 is 1.21 bits per heavy atom. The van der Waals surface area contributed by atoms with Crippen LogP contribution in [-0.4, -0.2) is 32.2 Å². The Bertz CT molecular complexity index is 1110. The van der Waals surface area contributed by atoms with Crippen LogP contribution in [0.5, 0.6) is 0 Å². The second-order valence-electron chi connectivity index (χ2n) is 7.20. The van der Waals surface area contributed by atoms with Gasteiger partial charge in [-0.25, -0.2) is 9.67 Å². The summed E-state index contributed by atoms with van der Waals surface area (Å²) in [7, 11) is 0. The van der Waals surface area contributed by atoms with Crippen molar-refractivity contribution >= 4 is 11.6 Å². The molecule has 0 saturated carbocycles. The first kappa shape index (κ1) is 18.2. The van der Waals surface area contributed by atoms with Crippen molar-refractivity contribution < 1.29 is 4.79 Å². The van der Waals surface area contributed by atoms with Crippen LogP contribution >= 0.6 is 0 Å². The zero-order valence-electron chi connectivity index (χ0n) is 16.3. The van der Waals surface area contributed by atoms with Gasteiger partial charge in [0.1, 0.15) is 0 Å². The van der Waals surface area contributed by atoms with E-state index in [0.29, 0.717) is 24.5 Å². The van der Waals surface area contributed by atoms with Gasteiger partial charge in [0.05, 0.1) is 5.69 Å². The summed E-state index contributed by atoms with van der Waals surface area (Å²) < 4.78 is 1.65. The predicted molar refractivity (Wildman–Crippen MR) is 107 cm³/mol. The van der Waals surface area contributed by atoms with Crippen molar-refractivity contribution in [3.63, 3.8) is 0 Å². The van der Waals surface area contributed by atoms with Crippen molar-refractivity contribution in [2.45, 2.75) is 40.0 Å². The SMILES string of the molecule is Cc1cc(=O)[nH]c(-n2nc(C)c(CCC(=O)N3CCc4ccccc43)c2C)n1. The number of H-pyrrole nitrogens is 1. The number of benzene rings is 1. The monoisotopic (exact) mass is 377 g/mol. The summed E-state index contributed by atoms with van der Waals surface area (Å²) in [5.74, 6) is 0.523. The van der Waals surface area contributed by atoms with E-state index in [1.54, 1.807) is 11.6 Å². The van der Waals surface area contributed by atoms with Gasteiger partial charge >= 0.3 is 0 Å².